The Morgan fingerprint density at radius 3 is 2.80 bits per heavy atom. The molecule has 1 aromatic heterocycles. The van der Waals surface area contributed by atoms with Crippen molar-refractivity contribution in [1.29, 1.82) is 0 Å². The zero-order valence-electron chi connectivity index (χ0n) is 17.0. The number of ether oxygens (including phenoxy) is 2. The monoisotopic (exact) mass is 412 g/mol. The largest absolute Gasteiger partial charge is 0.454 e. The van der Waals surface area contributed by atoms with E-state index < -0.39 is 5.92 Å². The molecule has 1 saturated heterocycles. The summed E-state index contributed by atoms with van der Waals surface area (Å²) >= 11 is 0. The van der Waals surface area contributed by atoms with Gasteiger partial charge in [-0.05, 0) is 30.9 Å². The molecule has 9 heteroatoms. The summed E-state index contributed by atoms with van der Waals surface area (Å²) in [5.74, 6) is 2.14. The predicted octanol–water partition coefficient (Wildman–Crippen LogP) is 2.54. The summed E-state index contributed by atoms with van der Waals surface area (Å²) in [7, 11) is 0. The highest BCUT2D eigenvalue weighted by molar-refractivity contribution is 6.00. The van der Waals surface area contributed by atoms with Crippen LogP contribution in [0.25, 0.3) is 0 Å². The van der Waals surface area contributed by atoms with Gasteiger partial charge in [0.15, 0.2) is 17.3 Å². The van der Waals surface area contributed by atoms with Gasteiger partial charge in [0, 0.05) is 30.6 Å². The molecule has 1 aromatic carbocycles. The van der Waals surface area contributed by atoms with E-state index in [9.17, 15) is 9.59 Å². The topological polar surface area (TPSA) is 107 Å². The molecule has 1 N–H and O–H groups in total. The number of rotatable bonds is 6. The molecular formula is C21H24N4O5. The number of anilines is 1. The normalized spacial score (nSPS) is 21.4. The van der Waals surface area contributed by atoms with Crippen LogP contribution in [-0.2, 0) is 9.59 Å². The van der Waals surface area contributed by atoms with Gasteiger partial charge >= 0.3 is 0 Å². The lowest BCUT2D eigenvalue weighted by Crippen LogP contribution is -2.37. The third kappa shape index (κ3) is 3.48. The Morgan fingerprint density at radius 1 is 1.23 bits per heavy atom. The molecule has 2 aromatic rings. The Balaban J connectivity index is 1.28. The van der Waals surface area contributed by atoms with Crippen LogP contribution < -0.4 is 19.7 Å². The number of aromatic nitrogens is 2. The van der Waals surface area contributed by atoms with Crippen molar-refractivity contribution in [1.82, 2.24) is 15.5 Å². The van der Waals surface area contributed by atoms with Gasteiger partial charge in [0.05, 0.1) is 5.92 Å². The molecule has 2 aliphatic heterocycles. The maximum atomic E-state index is 13.0. The number of amides is 2. The van der Waals surface area contributed by atoms with Crippen LogP contribution in [0.2, 0.25) is 0 Å². The number of fused-ring (bicyclic) bond motifs is 1. The Hall–Kier alpha value is -3.10. The molecule has 2 atom stereocenters. The molecule has 3 aliphatic rings. The average Bonchev–Trinajstić information content (AvgIpc) is 3.13. The van der Waals surface area contributed by atoms with Crippen molar-refractivity contribution >= 4 is 17.5 Å². The molecule has 30 heavy (non-hydrogen) atoms. The summed E-state index contributed by atoms with van der Waals surface area (Å²) in [4.78, 5) is 31.7. The predicted molar refractivity (Wildman–Crippen MR) is 105 cm³/mol. The first-order valence-electron chi connectivity index (χ1n) is 10.3. The van der Waals surface area contributed by atoms with Gasteiger partial charge in [0.25, 0.3) is 0 Å². The summed E-state index contributed by atoms with van der Waals surface area (Å²) in [6, 6.07) is 4.97. The fourth-order valence-corrected chi connectivity index (χ4v) is 3.85. The number of carbonyl (C=O) groups excluding carboxylic acids is 2. The average molecular weight is 412 g/mol. The quantitative estimate of drug-likeness (QED) is 0.777. The molecule has 0 spiro atoms. The first-order valence-corrected chi connectivity index (χ1v) is 10.3. The first-order chi connectivity index (χ1) is 14.5. The second-order valence-electron chi connectivity index (χ2n) is 8.44. The van der Waals surface area contributed by atoms with E-state index in [1.165, 1.54) is 0 Å². The van der Waals surface area contributed by atoms with E-state index >= 15 is 0 Å². The summed E-state index contributed by atoms with van der Waals surface area (Å²) < 4.78 is 16.1. The third-order valence-corrected chi connectivity index (χ3v) is 5.79. The van der Waals surface area contributed by atoms with Crippen molar-refractivity contribution in [3.63, 3.8) is 0 Å². The van der Waals surface area contributed by atoms with E-state index in [0.717, 1.165) is 18.7 Å². The van der Waals surface area contributed by atoms with E-state index in [0.29, 0.717) is 35.5 Å². The smallest absolute Gasteiger partial charge is 0.249 e. The zero-order chi connectivity index (χ0) is 20.8. The summed E-state index contributed by atoms with van der Waals surface area (Å²) in [6.07, 6.45) is 2.32. The second kappa shape index (κ2) is 7.30. The summed E-state index contributed by atoms with van der Waals surface area (Å²) in [5.41, 5.74) is 0.700. The highest BCUT2D eigenvalue weighted by Crippen LogP contribution is 2.39. The van der Waals surface area contributed by atoms with Crippen LogP contribution >= 0.6 is 0 Å². The minimum Gasteiger partial charge on any atom is -0.454 e. The van der Waals surface area contributed by atoms with Crippen LogP contribution in [0, 0.1) is 11.8 Å². The molecule has 158 valence electrons. The van der Waals surface area contributed by atoms with Crippen LogP contribution in [0.1, 0.15) is 56.8 Å². The lowest BCUT2D eigenvalue weighted by molar-refractivity contribution is -0.127. The number of hydrogen-bond donors (Lipinski definition) is 1. The number of benzene rings is 1. The van der Waals surface area contributed by atoms with Gasteiger partial charge in [-0.1, -0.05) is 19.0 Å². The van der Waals surface area contributed by atoms with Crippen LogP contribution in [0.15, 0.2) is 22.7 Å². The second-order valence-corrected chi connectivity index (χ2v) is 8.44. The van der Waals surface area contributed by atoms with Crippen molar-refractivity contribution in [2.75, 3.05) is 18.2 Å². The molecule has 0 bridgehead atoms. The number of hydrogen-bond acceptors (Lipinski definition) is 7. The van der Waals surface area contributed by atoms with Gasteiger partial charge in [-0.3, -0.25) is 9.59 Å². The molecule has 5 rings (SSSR count). The van der Waals surface area contributed by atoms with E-state index in [2.05, 4.69) is 15.5 Å². The lowest BCUT2D eigenvalue weighted by Gasteiger charge is -2.21. The lowest BCUT2D eigenvalue weighted by atomic mass is 10.0. The van der Waals surface area contributed by atoms with E-state index in [4.69, 9.17) is 14.0 Å². The standard InChI is InChI=1S/C21H24N4O5/c1-11(2)18(21-23-19(24-30-21)12-3-4-12)22-20(27)13-7-17(26)25(9-13)14-5-6-15-16(8-14)29-10-28-15/h5-6,8,11-13,18H,3-4,7,9-10H2,1-2H3,(H,22,27). The van der Waals surface area contributed by atoms with Crippen molar-refractivity contribution in [3.8, 4) is 11.5 Å². The molecule has 1 saturated carbocycles. The summed E-state index contributed by atoms with van der Waals surface area (Å²) in [5, 5.41) is 7.08. The number of carbonyl (C=O) groups is 2. The third-order valence-electron chi connectivity index (χ3n) is 5.79. The van der Waals surface area contributed by atoms with Crippen LogP contribution in [0.4, 0.5) is 5.69 Å². The molecule has 0 radical (unpaired) electrons. The molecule has 3 heterocycles. The molecule has 1 aliphatic carbocycles. The molecular weight excluding hydrogens is 388 g/mol. The van der Waals surface area contributed by atoms with Gasteiger partial charge in [0.2, 0.25) is 24.5 Å². The molecule has 2 amide bonds. The zero-order valence-corrected chi connectivity index (χ0v) is 17.0. The van der Waals surface area contributed by atoms with Crippen molar-refractivity contribution in [2.24, 2.45) is 11.8 Å². The highest BCUT2D eigenvalue weighted by atomic mass is 16.7. The minimum absolute atomic E-state index is 0.0727. The van der Waals surface area contributed by atoms with E-state index in [1.807, 2.05) is 13.8 Å². The Bertz CT molecular complexity index is 984. The number of nitrogens with one attached hydrogen (secondary N) is 1. The van der Waals surface area contributed by atoms with Crippen molar-refractivity contribution in [2.45, 2.75) is 45.1 Å². The van der Waals surface area contributed by atoms with Gasteiger partial charge in [-0.25, -0.2) is 0 Å². The van der Waals surface area contributed by atoms with Crippen molar-refractivity contribution in [3.05, 3.63) is 29.9 Å². The Labute approximate surface area is 173 Å². The Kier molecular flexibility index (Phi) is 4.60. The van der Waals surface area contributed by atoms with E-state index in [1.54, 1.807) is 23.1 Å². The molecule has 9 nitrogen and oxygen atoms in total. The Morgan fingerprint density at radius 2 is 2.03 bits per heavy atom. The van der Waals surface area contributed by atoms with Gasteiger partial charge in [-0.2, -0.15) is 4.98 Å². The minimum atomic E-state index is -0.449. The van der Waals surface area contributed by atoms with Crippen LogP contribution in [-0.4, -0.2) is 35.3 Å². The van der Waals surface area contributed by atoms with Crippen LogP contribution in [0.3, 0.4) is 0 Å². The van der Waals surface area contributed by atoms with Crippen LogP contribution in [0.5, 0.6) is 11.5 Å². The van der Waals surface area contributed by atoms with Gasteiger partial charge < -0.3 is 24.2 Å². The maximum Gasteiger partial charge on any atom is 0.249 e. The first kappa shape index (κ1) is 18.9. The number of nitrogens with zero attached hydrogens (tertiary/aromatic N) is 3. The fraction of sp³-hybridized carbons (Fsp3) is 0.524. The fourth-order valence-electron chi connectivity index (χ4n) is 3.85. The van der Waals surface area contributed by atoms with Gasteiger partial charge in [-0.15, -0.1) is 0 Å². The van der Waals surface area contributed by atoms with E-state index in [-0.39, 0.29) is 37.0 Å². The maximum absolute atomic E-state index is 13.0. The summed E-state index contributed by atoms with van der Waals surface area (Å²) in [6.45, 7) is 4.47. The SMILES string of the molecule is CC(C)C(NC(=O)C1CC(=O)N(c2ccc3c(c2)OCO3)C1)c1nc(C2CC2)no1. The molecule has 2 unspecified atom stereocenters. The highest BCUT2D eigenvalue weighted by Gasteiger charge is 2.38. The van der Waals surface area contributed by atoms with Crippen molar-refractivity contribution < 1.29 is 23.6 Å². The van der Waals surface area contributed by atoms with Gasteiger partial charge in [0.1, 0.15) is 6.04 Å². The molecule has 2 fully saturated rings.